The highest BCUT2D eigenvalue weighted by Crippen LogP contribution is 2.46. The summed E-state index contributed by atoms with van der Waals surface area (Å²) in [4.78, 5) is 0. The van der Waals surface area contributed by atoms with Crippen molar-refractivity contribution in [2.75, 3.05) is 0 Å². The average Bonchev–Trinajstić information content (AvgIpc) is 3.01. The molecule has 2 aliphatic rings. The summed E-state index contributed by atoms with van der Waals surface area (Å²) in [6.45, 7) is 10.3. The molecule has 0 spiro atoms. The summed E-state index contributed by atoms with van der Waals surface area (Å²) in [7, 11) is -0.402. The van der Waals surface area contributed by atoms with E-state index in [2.05, 4.69) is 40.7 Å². The van der Waals surface area contributed by atoms with E-state index in [0.29, 0.717) is 0 Å². The Hall–Kier alpha value is -0.835. The molecule has 1 aliphatic carbocycles. The molecule has 0 atom stereocenters. The number of hydrogen-bond acceptors (Lipinski definition) is 3. The first-order chi connectivity index (χ1) is 9.16. The number of hydrogen-bond donors (Lipinski definition) is 1. The SMILES string of the molecule is Cc1cccc(C2(O)CC2)c1B1OC(C)(C)C(C)(C)O1. The second kappa shape index (κ2) is 4.09. The predicted octanol–water partition coefficient (Wildman–Crippen LogP) is 2.28. The van der Waals surface area contributed by atoms with Crippen molar-refractivity contribution in [2.24, 2.45) is 0 Å². The molecule has 0 aromatic heterocycles. The lowest BCUT2D eigenvalue weighted by Crippen LogP contribution is -2.41. The van der Waals surface area contributed by atoms with E-state index in [-0.39, 0.29) is 11.2 Å². The Morgan fingerprint density at radius 2 is 1.60 bits per heavy atom. The Balaban J connectivity index is 2.04. The van der Waals surface area contributed by atoms with Gasteiger partial charge in [0.25, 0.3) is 0 Å². The van der Waals surface area contributed by atoms with Crippen molar-refractivity contribution in [3.63, 3.8) is 0 Å². The van der Waals surface area contributed by atoms with E-state index >= 15 is 0 Å². The highest BCUT2D eigenvalue weighted by molar-refractivity contribution is 6.63. The Kier molecular flexibility index (Phi) is 2.89. The van der Waals surface area contributed by atoms with Crippen molar-refractivity contribution < 1.29 is 14.4 Å². The van der Waals surface area contributed by atoms with E-state index in [1.54, 1.807) is 0 Å². The van der Waals surface area contributed by atoms with Crippen molar-refractivity contribution in [1.29, 1.82) is 0 Å². The van der Waals surface area contributed by atoms with E-state index in [0.717, 1.165) is 29.4 Å². The first-order valence-electron chi connectivity index (χ1n) is 7.34. The number of aliphatic hydroxyl groups is 1. The molecular formula is C16H23BO3. The molecule has 2 fully saturated rings. The zero-order chi connectivity index (χ0) is 14.8. The summed E-state index contributed by atoms with van der Waals surface area (Å²) in [5.41, 5.74) is 1.70. The first kappa shape index (κ1) is 14.1. The molecule has 0 bridgehead atoms. The van der Waals surface area contributed by atoms with Gasteiger partial charge in [0, 0.05) is 0 Å². The molecule has 1 heterocycles. The van der Waals surface area contributed by atoms with Gasteiger partial charge in [0.15, 0.2) is 0 Å². The summed E-state index contributed by atoms with van der Waals surface area (Å²) in [6, 6.07) is 6.05. The molecule has 0 amide bonds. The van der Waals surface area contributed by atoms with Gasteiger partial charge in [-0.25, -0.2) is 0 Å². The Labute approximate surface area is 121 Å². The van der Waals surface area contributed by atoms with Crippen LogP contribution in [-0.2, 0) is 14.9 Å². The maximum atomic E-state index is 10.5. The van der Waals surface area contributed by atoms with Crippen LogP contribution >= 0.6 is 0 Å². The zero-order valence-electron chi connectivity index (χ0n) is 13.0. The lowest BCUT2D eigenvalue weighted by atomic mass is 9.71. The summed E-state index contributed by atoms with van der Waals surface area (Å²) in [6.07, 6.45) is 1.64. The second-order valence-electron chi connectivity index (χ2n) is 7.16. The molecule has 1 N–H and O–H groups in total. The highest BCUT2D eigenvalue weighted by Gasteiger charge is 2.54. The van der Waals surface area contributed by atoms with Crippen LogP contribution in [0.15, 0.2) is 18.2 Å². The van der Waals surface area contributed by atoms with Crippen LogP contribution in [0, 0.1) is 6.92 Å². The smallest absolute Gasteiger partial charge is 0.399 e. The van der Waals surface area contributed by atoms with Crippen molar-refractivity contribution in [3.05, 3.63) is 29.3 Å². The molecule has 108 valence electrons. The van der Waals surface area contributed by atoms with Crippen molar-refractivity contribution in [3.8, 4) is 0 Å². The van der Waals surface area contributed by atoms with Gasteiger partial charge in [-0.2, -0.15) is 0 Å². The fourth-order valence-corrected chi connectivity index (χ4v) is 2.75. The number of benzene rings is 1. The van der Waals surface area contributed by atoms with E-state index in [4.69, 9.17) is 9.31 Å². The summed E-state index contributed by atoms with van der Waals surface area (Å²) >= 11 is 0. The van der Waals surface area contributed by atoms with Gasteiger partial charge < -0.3 is 14.4 Å². The van der Waals surface area contributed by atoms with Crippen molar-refractivity contribution in [1.82, 2.24) is 0 Å². The van der Waals surface area contributed by atoms with Gasteiger partial charge >= 0.3 is 7.12 Å². The quantitative estimate of drug-likeness (QED) is 0.841. The van der Waals surface area contributed by atoms with Crippen LogP contribution in [0.25, 0.3) is 0 Å². The van der Waals surface area contributed by atoms with Gasteiger partial charge in [0.1, 0.15) is 0 Å². The fraction of sp³-hybridized carbons (Fsp3) is 0.625. The second-order valence-corrected chi connectivity index (χ2v) is 7.16. The van der Waals surface area contributed by atoms with Gasteiger partial charge in [-0.15, -0.1) is 0 Å². The first-order valence-corrected chi connectivity index (χ1v) is 7.34. The third kappa shape index (κ3) is 2.02. The third-order valence-corrected chi connectivity index (χ3v) is 5.04. The molecule has 1 aliphatic heterocycles. The van der Waals surface area contributed by atoms with Crippen molar-refractivity contribution >= 4 is 12.6 Å². The van der Waals surface area contributed by atoms with Gasteiger partial charge in [-0.1, -0.05) is 23.8 Å². The molecule has 3 rings (SSSR count). The zero-order valence-corrected chi connectivity index (χ0v) is 13.0. The molecular weight excluding hydrogens is 251 g/mol. The number of aryl methyl sites for hydroxylation is 1. The largest absolute Gasteiger partial charge is 0.495 e. The van der Waals surface area contributed by atoms with Gasteiger partial charge in [-0.05, 0) is 58.5 Å². The minimum absolute atomic E-state index is 0.358. The van der Waals surface area contributed by atoms with Gasteiger partial charge in [0.2, 0.25) is 0 Å². The van der Waals surface area contributed by atoms with Gasteiger partial charge in [0.05, 0.1) is 16.8 Å². The summed E-state index contributed by atoms with van der Waals surface area (Å²) in [5.74, 6) is 0. The molecule has 0 unspecified atom stereocenters. The lowest BCUT2D eigenvalue weighted by molar-refractivity contribution is 0.00578. The lowest BCUT2D eigenvalue weighted by Gasteiger charge is -2.32. The molecule has 1 aromatic rings. The number of rotatable bonds is 2. The Morgan fingerprint density at radius 1 is 1.05 bits per heavy atom. The predicted molar refractivity (Wildman–Crippen MR) is 80.0 cm³/mol. The highest BCUT2D eigenvalue weighted by atomic mass is 16.7. The normalized spacial score (nSPS) is 25.8. The van der Waals surface area contributed by atoms with E-state index in [1.165, 1.54) is 0 Å². The molecule has 1 saturated carbocycles. The Morgan fingerprint density at radius 3 is 2.10 bits per heavy atom. The molecule has 3 nitrogen and oxygen atoms in total. The minimum atomic E-state index is -0.676. The van der Waals surface area contributed by atoms with E-state index < -0.39 is 12.7 Å². The van der Waals surface area contributed by atoms with Crippen LogP contribution in [0.3, 0.4) is 0 Å². The molecule has 20 heavy (non-hydrogen) atoms. The van der Waals surface area contributed by atoms with Crippen LogP contribution in [0.2, 0.25) is 0 Å². The fourth-order valence-electron chi connectivity index (χ4n) is 2.75. The molecule has 4 heteroatoms. The molecule has 1 saturated heterocycles. The maximum Gasteiger partial charge on any atom is 0.495 e. The van der Waals surface area contributed by atoms with Crippen LogP contribution in [0.5, 0.6) is 0 Å². The molecule has 0 radical (unpaired) electrons. The third-order valence-electron chi connectivity index (χ3n) is 5.04. The Bertz CT molecular complexity index is 531. The monoisotopic (exact) mass is 274 g/mol. The van der Waals surface area contributed by atoms with E-state index in [9.17, 15) is 5.11 Å². The topological polar surface area (TPSA) is 38.7 Å². The van der Waals surface area contributed by atoms with Crippen LogP contribution < -0.4 is 5.46 Å². The van der Waals surface area contributed by atoms with E-state index in [1.807, 2.05) is 12.1 Å². The van der Waals surface area contributed by atoms with Crippen LogP contribution in [0.4, 0.5) is 0 Å². The minimum Gasteiger partial charge on any atom is -0.399 e. The maximum absolute atomic E-state index is 10.5. The summed E-state index contributed by atoms with van der Waals surface area (Å²) in [5, 5.41) is 10.5. The van der Waals surface area contributed by atoms with Gasteiger partial charge in [-0.3, -0.25) is 0 Å². The van der Waals surface area contributed by atoms with Crippen molar-refractivity contribution in [2.45, 2.75) is 64.3 Å². The molecule has 1 aromatic carbocycles. The standard InChI is InChI=1S/C16H23BO3/c1-11-7-6-8-12(16(18)9-10-16)13(11)17-19-14(2,3)15(4,5)20-17/h6-8,18H,9-10H2,1-5H3. The van der Waals surface area contributed by atoms with Crippen LogP contribution in [0.1, 0.15) is 51.7 Å². The summed E-state index contributed by atoms with van der Waals surface area (Å²) < 4.78 is 12.3. The van der Waals surface area contributed by atoms with Crippen LogP contribution in [-0.4, -0.2) is 23.4 Å². The average molecular weight is 274 g/mol.